The van der Waals surface area contributed by atoms with Gasteiger partial charge in [-0.25, -0.2) is 8.78 Å². The normalized spacial score (nSPS) is 13.1. The number of rotatable bonds is 3. The first-order chi connectivity index (χ1) is 11.7. The zero-order valence-corrected chi connectivity index (χ0v) is 12.7. The van der Waals surface area contributed by atoms with Crippen molar-refractivity contribution in [2.45, 2.75) is 6.54 Å². The van der Waals surface area contributed by atoms with Crippen molar-refractivity contribution < 1.29 is 18.3 Å². The van der Waals surface area contributed by atoms with Gasteiger partial charge >= 0.3 is 0 Å². The number of pyridine rings is 1. The van der Waals surface area contributed by atoms with Crippen LogP contribution in [-0.2, 0) is 6.54 Å². The van der Waals surface area contributed by atoms with E-state index in [0.29, 0.717) is 36.9 Å². The minimum atomic E-state index is -0.547. The van der Waals surface area contributed by atoms with E-state index in [2.05, 4.69) is 10.3 Å². The Hall–Kier alpha value is -2.89. The van der Waals surface area contributed by atoms with Crippen molar-refractivity contribution in [1.29, 1.82) is 0 Å². The lowest BCUT2D eigenvalue weighted by molar-refractivity contribution is 0.171. The van der Waals surface area contributed by atoms with E-state index in [1.165, 1.54) is 6.20 Å². The number of nitrogens with one attached hydrogen (secondary N) is 1. The predicted octanol–water partition coefficient (Wildman–Crippen LogP) is 3.90. The number of halogens is 2. The second kappa shape index (κ2) is 5.96. The molecule has 0 unspecified atom stereocenters. The summed E-state index contributed by atoms with van der Waals surface area (Å²) >= 11 is 0. The van der Waals surface area contributed by atoms with Gasteiger partial charge in [-0.2, -0.15) is 0 Å². The van der Waals surface area contributed by atoms with Crippen LogP contribution in [0.25, 0.3) is 10.9 Å². The number of fused-ring (bicyclic) bond motifs is 2. The summed E-state index contributed by atoms with van der Waals surface area (Å²) in [4.78, 5) is 3.92. The molecular formula is C18H14F2N2O2. The van der Waals surface area contributed by atoms with E-state index < -0.39 is 11.6 Å². The number of anilines is 1. The van der Waals surface area contributed by atoms with Gasteiger partial charge in [0.25, 0.3) is 0 Å². The Balaban J connectivity index is 1.62. The fraction of sp³-hybridized carbons (Fsp3) is 0.167. The van der Waals surface area contributed by atoms with Gasteiger partial charge in [0.2, 0.25) is 0 Å². The minimum Gasteiger partial charge on any atom is -0.486 e. The van der Waals surface area contributed by atoms with E-state index in [1.54, 1.807) is 6.07 Å². The average Bonchev–Trinajstić information content (AvgIpc) is 2.63. The van der Waals surface area contributed by atoms with Crippen LogP contribution in [0.4, 0.5) is 14.5 Å². The van der Waals surface area contributed by atoms with Crippen LogP contribution in [0.5, 0.6) is 11.5 Å². The molecular weight excluding hydrogens is 314 g/mol. The molecule has 3 aromatic rings. The molecule has 1 N–H and O–H groups in total. The molecule has 2 aromatic carbocycles. The molecule has 0 amide bonds. The highest BCUT2D eigenvalue weighted by molar-refractivity contribution is 5.91. The van der Waals surface area contributed by atoms with E-state index in [4.69, 9.17) is 9.47 Å². The Morgan fingerprint density at radius 3 is 2.62 bits per heavy atom. The van der Waals surface area contributed by atoms with Crippen LogP contribution in [0.2, 0.25) is 0 Å². The largest absolute Gasteiger partial charge is 0.486 e. The maximum Gasteiger partial charge on any atom is 0.161 e. The van der Waals surface area contributed by atoms with Gasteiger partial charge in [0, 0.05) is 18.4 Å². The Kier molecular flexibility index (Phi) is 3.65. The summed E-state index contributed by atoms with van der Waals surface area (Å²) in [5.41, 5.74) is 1.45. The molecule has 4 rings (SSSR count). The molecule has 0 spiro atoms. The Labute approximate surface area is 137 Å². The molecule has 0 radical (unpaired) electrons. The number of ether oxygens (including phenoxy) is 2. The molecule has 1 aliphatic heterocycles. The van der Waals surface area contributed by atoms with Crippen molar-refractivity contribution in [3.8, 4) is 11.5 Å². The van der Waals surface area contributed by atoms with E-state index >= 15 is 0 Å². The first kappa shape index (κ1) is 14.7. The van der Waals surface area contributed by atoms with Crippen molar-refractivity contribution in [2.75, 3.05) is 18.5 Å². The summed E-state index contributed by atoms with van der Waals surface area (Å²) in [5, 5.41) is 3.28. The van der Waals surface area contributed by atoms with Crippen LogP contribution in [0.3, 0.4) is 0 Å². The van der Waals surface area contributed by atoms with Crippen LogP contribution in [0.1, 0.15) is 5.56 Å². The van der Waals surface area contributed by atoms with Crippen molar-refractivity contribution >= 4 is 16.6 Å². The second-order valence-electron chi connectivity index (χ2n) is 5.44. The van der Waals surface area contributed by atoms with Gasteiger partial charge in [-0.1, -0.05) is 6.07 Å². The van der Waals surface area contributed by atoms with Gasteiger partial charge < -0.3 is 14.8 Å². The van der Waals surface area contributed by atoms with E-state index in [-0.39, 0.29) is 10.9 Å². The molecule has 0 bridgehead atoms. The average molecular weight is 328 g/mol. The monoisotopic (exact) mass is 328 g/mol. The molecule has 0 saturated heterocycles. The fourth-order valence-corrected chi connectivity index (χ4v) is 2.74. The molecule has 2 heterocycles. The third-order valence-electron chi connectivity index (χ3n) is 3.88. The zero-order chi connectivity index (χ0) is 16.5. The fourth-order valence-electron chi connectivity index (χ4n) is 2.74. The Morgan fingerprint density at radius 2 is 1.75 bits per heavy atom. The number of nitrogens with zero attached hydrogens (tertiary/aromatic N) is 1. The number of hydrogen-bond acceptors (Lipinski definition) is 4. The SMILES string of the molecule is Fc1ccc(F)c2c(NCc3ccc4c(c3)OCCO4)ccnc12. The van der Waals surface area contributed by atoms with E-state index in [0.717, 1.165) is 17.7 Å². The first-order valence-electron chi connectivity index (χ1n) is 7.57. The van der Waals surface area contributed by atoms with Crippen LogP contribution in [0.15, 0.2) is 42.6 Å². The van der Waals surface area contributed by atoms with Crippen molar-refractivity contribution in [3.05, 3.63) is 59.8 Å². The maximum atomic E-state index is 14.1. The van der Waals surface area contributed by atoms with Crippen LogP contribution in [0, 0.1) is 11.6 Å². The topological polar surface area (TPSA) is 43.4 Å². The molecule has 0 aliphatic carbocycles. The highest BCUT2D eigenvalue weighted by Gasteiger charge is 2.13. The summed E-state index contributed by atoms with van der Waals surface area (Å²) in [5.74, 6) is 0.350. The van der Waals surface area contributed by atoms with E-state index in [9.17, 15) is 8.78 Å². The zero-order valence-electron chi connectivity index (χ0n) is 12.7. The van der Waals surface area contributed by atoms with Gasteiger partial charge in [-0.3, -0.25) is 4.98 Å². The van der Waals surface area contributed by atoms with Crippen LogP contribution >= 0.6 is 0 Å². The lowest BCUT2D eigenvalue weighted by Crippen LogP contribution is -2.15. The molecule has 6 heteroatoms. The van der Waals surface area contributed by atoms with Crippen molar-refractivity contribution in [3.63, 3.8) is 0 Å². The highest BCUT2D eigenvalue weighted by atomic mass is 19.1. The molecule has 1 aliphatic rings. The van der Waals surface area contributed by atoms with E-state index in [1.807, 2.05) is 18.2 Å². The Bertz CT molecular complexity index is 915. The Morgan fingerprint density at radius 1 is 0.958 bits per heavy atom. The number of aromatic nitrogens is 1. The summed E-state index contributed by atoms with van der Waals surface area (Å²) in [6.45, 7) is 1.49. The molecule has 122 valence electrons. The predicted molar refractivity (Wildman–Crippen MR) is 86.4 cm³/mol. The molecule has 24 heavy (non-hydrogen) atoms. The smallest absolute Gasteiger partial charge is 0.161 e. The van der Waals surface area contributed by atoms with Gasteiger partial charge in [0.1, 0.15) is 30.4 Å². The first-order valence-corrected chi connectivity index (χ1v) is 7.57. The van der Waals surface area contributed by atoms with Gasteiger partial charge in [-0.05, 0) is 35.9 Å². The lowest BCUT2D eigenvalue weighted by Gasteiger charge is -2.19. The number of hydrogen-bond donors (Lipinski definition) is 1. The highest BCUT2D eigenvalue weighted by Crippen LogP contribution is 2.31. The summed E-state index contributed by atoms with van der Waals surface area (Å²) < 4.78 is 38.9. The van der Waals surface area contributed by atoms with Crippen LogP contribution < -0.4 is 14.8 Å². The van der Waals surface area contributed by atoms with Crippen molar-refractivity contribution in [2.24, 2.45) is 0 Å². The number of benzene rings is 2. The summed E-state index contributed by atoms with van der Waals surface area (Å²) in [6, 6.07) is 9.44. The van der Waals surface area contributed by atoms with Crippen molar-refractivity contribution in [1.82, 2.24) is 4.98 Å². The quantitative estimate of drug-likeness (QED) is 0.792. The minimum absolute atomic E-state index is 0.0159. The second-order valence-corrected chi connectivity index (χ2v) is 5.44. The third-order valence-corrected chi connectivity index (χ3v) is 3.88. The third kappa shape index (κ3) is 2.60. The molecule has 4 nitrogen and oxygen atoms in total. The van der Waals surface area contributed by atoms with Crippen LogP contribution in [-0.4, -0.2) is 18.2 Å². The maximum absolute atomic E-state index is 14.1. The molecule has 0 saturated carbocycles. The van der Waals surface area contributed by atoms with Gasteiger partial charge in [0.15, 0.2) is 11.5 Å². The lowest BCUT2D eigenvalue weighted by atomic mass is 10.1. The summed E-state index contributed by atoms with van der Waals surface area (Å²) in [7, 11) is 0. The van der Waals surface area contributed by atoms with Gasteiger partial charge in [0.05, 0.1) is 5.39 Å². The molecule has 0 atom stereocenters. The van der Waals surface area contributed by atoms with Gasteiger partial charge in [-0.15, -0.1) is 0 Å². The molecule has 0 fully saturated rings. The molecule has 1 aromatic heterocycles. The standard InChI is InChI=1S/C18H14F2N2O2/c19-12-2-3-13(20)18-17(12)14(5-6-21-18)22-10-11-1-4-15-16(9-11)24-8-7-23-15/h1-6,9H,7-8,10H2,(H,21,22). The summed E-state index contributed by atoms with van der Waals surface area (Å²) in [6.07, 6.45) is 1.46.